The van der Waals surface area contributed by atoms with Gasteiger partial charge in [0.25, 0.3) is 0 Å². The van der Waals surface area contributed by atoms with Crippen LogP contribution in [0.2, 0.25) is 0 Å². The fourth-order valence-corrected chi connectivity index (χ4v) is 5.76. The number of allylic oxidation sites excluding steroid dienone is 4. The van der Waals surface area contributed by atoms with E-state index in [2.05, 4.69) is 149 Å². The van der Waals surface area contributed by atoms with Gasteiger partial charge in [-0.25, -0.2) is 6.08 Å². The van der Waals surface area contributed by atoms with E-state index in [1.165, 1.54) is 85.7 Å². The smallest absolute Gasteiger partial charge is 0.0253 e. The number of hydrogen-bond donors (Lipinski definition) is 0. The van der Waals surface area contributed by atoms with Crippen molar-refractivity contribution in [2.45, 2.75) is 53.4 Å². The van der Waals surface area contributed by atoms with Crippen molar-refractivity contribution >= 4 is 3.21 Å². The molecule has 42 heavy (non-hydrogen) atoms. The van der Waals surface area contributed by atoms with Crippen LogP contribution in [0.3, 0.4) is 0 Å². The van der Waals surface area contributed by atoms with Gasteiger partial charge in [-0.2, -0.15) is 41.5 Å². The first kappa shape index (κ1) is 35.9. The van der Waals surface area contributed by atoms with Crippen LogP contribution in [0.5, 0.6) is 0 Å². The molecule has 0 saturated heterocycles. The molecule has 216 valence electrons. The summed E-state index contributed by atoms with van der Waals surface area (Å²) in [7, 11) is 0. The summed E-state index contributed by atoms with van der Waals surface area (Å²) in [6, 6.07) is 39.2. The molecule has 1 atom stereocenters. The fourth-order valence-electron chi connectivity index (χ4n) is 4.94. The van der Waals surface area contributed by atoms with Crippen molar-refractivity contribution < 1.29 is 49.0 Å². The third-order valence-electron chi connectivity index (χ3n) is 7.31. The number of benzene rings is 4. The SMILES string of the molecule is CCCCC1[C-]=CC(C(C)(C)C)=C1.[Cl-].[Cl-].[Zr+2]=[C](c1ccccc1)c1ccccc1.[c-]1cccc2c1Cc1ccccc1-2. The zero-order valence-electron chi connectivity index (χ0n) is 25.1. The third-order valence-corrected chi connectivity index (χ3v) is 8.73. The van der Waals surface area contributed by atoms with E-state index in [0.29, 0.717) is 11.3 Å². The van der Waals surface area contributed by atoms with E-state index < -0.39 is 0 Å². The zero-order chi connectivity index (χ0) is 28.4. The van der Waals surface area contributed by atoms with E-state index in [1.54, 1.807) is 0 Å². The van der Waals surface area contributed by atoms with E-state index in [9.17, 15) is 0 Å². The van der Waals surface area contributed by atoms with Crippen LogP contribution in [0.15, 0.2) is 121 Å². The molecule has 3 heteroatoms. The molecule has 2 aliphatic rings. The topological polar surface area (TPSA) is 0 Å². The Labute approximate surface area is 281 Å². The molecule has 0 radical (unpaired) electrons. The first-order valence-electron chi connectivity index (χ1n) is 14.5. The summed E-state index contributed by atoms with van der Waals surface area (Å²) in [6.07, 6.45) is 12.9. The van der Waals surface area contributed by atoms with Crippen molar-refractivity contribution in [3.8, 4) is 11.1 Å². The average molecular weight is 671 g/mol. The van der Waals surface area contributed by atoms with Crippen LogP contribution in [-0.4, -0.2) is 3.21 Å². The van der Waals surface area contributed by atoms with E-state index >= 15 is 0 Å². The van der Waals surface area contributed by atoms with Crippen LogP contribution in [0.25, 0.3) is 11.1 Å². The number of rotatable bonds is 5. The Morgan fingerprint density at radius 3 is 1.93 bits per heavy atom. The Morgan fingerprint density at radius 2 is 1.36 bits per heavy atom. The second-order valence-electron chi connectivity index (χ2n) is 11.4. The van der Waals surface area contributed by atoms with Crippen LogP contribution < -0.4 is 24.8 Å². The van der Waals surface area contributed by atoms with Crippen LogP contribution in [0.4, 0.5) is 0 Å². The Balaban J connectivity index is 0.000000215. The first-order chi connectivity index (χ1) is 19.4. The molecule has 0 spiro atoms. The average Bonchev–Trinajstić information content (AvgIpc) is 3.63. The number of hydrogen-bond acceptors (Lipinski definition) is 0. The maximum absolute atomic E-state index is 3.43. The van der Waals surface area contributed by atoms with Gasteiger partial charge in [0.2, 0.25) is 0 Å². The normalized spacial score (nSPS) is 14.0. The maximum Gasteiger partial charge on any atom is -0.0253 e. The second-order valence-corrected chi connectivity index (χ2v) is 12.7. The van der Waals surface area contributed by atoms with Crippen molar-refractivity contribution in [2.24, 2.45) is 11.3 Å². The van der Waals surface area contributed by atoms with Gasteiger partial charge in [0, 0.05) is 0 Å². The van der Waals surface area contributed by atoms with Crippen molar-refractivity contribution in [2.75, 3.05) is 0 Å². The largest absolute Gasteiger partial charge is 0.179 e. The van der Waals surface area contributed by atoms with Crippen molar-refractivity contribution in [1.29, 1.82) is 0 Å². The van der Waals surface area contributed by atoms with Gasteiger partial charge in [0.1, 0.15) is 0 Å². The van der Waals surface area contributed by atoms with Crippen molar-refractivity contribution in [1.82, 2.24) is 0 Å². The Kier molecular flexibility index (Phi) is 15.1. The standard InChI is InChI=1S/C13H9.C13H10.C13H21.2ClH.Zr/c1-3-7-12-10(5-1)9-11-6-2-4-8-13(11)12;1-3-7-12(8-4-1)11-13-9-5-2-6-10-13;1-5-6-7-11-8-9-12(10-11)13(2,3)4;;;/h1-5,7-8H,9H2;1-10H;9-11H,5-7H2,1-4H3;2*1H;/q-1;;-1;;;+2/p-2. The molecule has 0 amide bonds. The summed E-state index contributed by atoms with van der Waals surface area (Å²) >= 11 is 1.46. The molecule has 0 saturated carbocycles. The number of fused-ring (bicyclic) bond motifs is 3. The van der Waals surface area contributed by atoms with E-state index in [1.807, 2.05) is 6.07 Å². The van der Waals surface area contributed by atoms with Gasteiger partial charge >= 0.3 is 99.2 Å². The summed E-state index contributed by atoms with van der Waals surface area (Å²) in [5.41, 5.74) is 9.92. The molecular formula is C39H40Cl2Zr-2. The van der Waals surface area contributed by atoms with Crippen LogP contribution in [-0.2, 0) is 30.7 Å². The van der Waals surface area contributed by atoms with E-state index in [0.717, 1.165) is 6.42 Å². The second kappa shape index (κ2) is 17.7. The number of halogens is 2. The predicted octanol–water partition coefficient (Wildman–Crippen LogP) is 4.01. The molecule has 0 aromatic heterocycles. The summed E-state index contributed by atoms with van der Waals surface area (Å²) < 4.78 is 1.42. The third kappa shape index (κ3) is 10.2. The monoisotopic (exact) mass is 668 g/mol. The van der Waals surface area contributed by atoms with E-state index in [-0.39, 0.29) is 24.8 Å². The summed E-state index contributed by atoms with van der Waals surface area (Å²) in [4.78, 5) is 0. The predicted molar refractivity (Wildman–Crippen MR) is 168 cm³/mol. The Morgan fingerprint density at radius 1 is 0.786 bits per heavy atom. The minimum Gasteiger partial charge on any atom is -0.179 e. The molecule has 0 N–H and O–H groups in total. The van der Waals surface area contributed by atoms with E-state index in [4.69, 9.17) is 0 Å². The van der Waals surface area contributed by atoms with Gasteiger partial charge in [-0.3, -0.25) is 6.08 Å². The summed E-state index contributed by atoms with van der Waals surface area (Å²) in [5.74, 6) is 0.592. The van der Waals surface area contributed by atoms with Gasteiger partial charge < -0.3 is 24.8 Å². The van der Waals surface area contributed by atoms with Crippen LogP contribution >= 0.6 is 0 Å². The minimum atomic E-state index is 0. The number of unbranched alkanes of at least 4 members (excludes halogenated alkanes) is 1. The molecular weight excluding hydrogens is 631 g/mol. The van der Waals surface area contributed by atoms with Gasteiger partial charge in [-0.05, 0) is 6.42 Å². The van der Waals surface area contributed by atoms with Gasteiger partial charge in [-0.15, -0.1) is 5.56 Å². The van der Waals surface area contributed by atoms with Crippen LogP contribution in [0.1, 0.15) is 69.2 Å². The summed E-state index contributed by atoms with van der Waals surface area (Å²) in [6.45, 7) is 9.03. The molecule has 4 aromatic carbocycles. The first-order valence-corrected chi connectivity index (χ1v) is 15.7. The molecule has 4 aromatic rings. The summed E-state index contributed by atoms with van der Waals surface area (Å²) in [5, 5.41) is 0. The zero-order valence-corrected chi connectivity index (χ0v) is 29.1. The molecule has 0 fully saturated rings. The molecule has 0 nitrogen and oxygen atoms in total. The Hall–Kier alpha value is -2.31. The van der Waals surface area contributed by atoms with Crippen molar-refractivity contribution in [3.05, 3.63) is 155 Å². The molecule has 1 unspecified atom stereocenters. The van der Waals surface area contributed by atoms with Gasteiger partial charge in [0.15, 0.2) is 0 Å². The van der Waals surface area contributed by atoms with Crippen LogP contribution in [0, 0.1) is 23.5 Å². The molecule has 6 rings (SSSR count). The molecule has 0 heterocycles. The maximum atomic E-state index is 3.43. The molecule has 0 aliphatic heterocycles. The van der Waals surface area contributed by atoms with Gasteiger partial charge in [-0.1, -0.05) is 93.7 Å². The van der Waals surface area contributed by atoms with Crippen molar-refractivity contribution in [3.63, 3.8) is 0 Å². The molecule has 0 bridgehead atoms. The Bertz CT molecular complexity index is 1360. The minimum absolute atomic E-state index is 0. The van der Waals surface area contributed by atoms with Gasteiger partial charge in [0.05, 0.1) is 0 Å². The quantitative estimate of drug-likeness (QED) is 0.248. The molecule has 2 aliphatic carbocycles. The fraction of sp³-hybridized carbons (Fsp3) is 0.256.